The minimum absolute atomic E-state index is 0.0841. The Kier molecular flexibility index (Phi) is 36.5. The smallest absolute Gasteiger partial charge is 0.325 e. The monoisotopic (exact) mass is 928 g/mol. The van der Waals surface area contributed by atoms with E-state index in [0.717, 1.165) is 71.7 Å². The normalized spacial score (nSPS) is 11.2. The van der Waals surface area contributed by atoms with Gasteiger partial charge in [0.05, 0.1) is 39.6 Å². The van der Waals surface area contributed by atoms with Crippen molar-refractivity contribution < 1.29 is 38.6 Å². The molecule has 334 valence electrons. The fourth-order valence-electron chi connectivity index (χ4n) is 4.71. The Morgan fingerprint density at radius 1 is 0.362 bits per heavy atom. The van der Waals surface area contributed by atoms with Gasteiger partial charge in [-0.3, -0.25) is 0 Å². The zero-order chi connectivity index (χ0) is 41.4. The highest BCUT2D eigenvalue weighted by molar-refractivity contribution is 8.00. The number of aromatic nitrogens is 6. The van der Waals surface area contributed by atoms with Crippen molar-refractivity contribution in [1.29, 1.82) is 0 Å². The van der Waals surface area contributed by atoms with Crippen LogP contribution in [0.5, 0.6) is 36.1 Å². The van der Waals surface area contributed by atoms with Gasteiger partial charge in [0.2, 0.25) is 0 Å². The fourth-order valence-corrected chi connectivity index (χ4v) is 9.17. The lowest BCUT2D eigenvalue weighted by atomic mass is 10.3. The molecule has 0 fully saturated rings. The molecule has 0 atom stereocenters. The molecule has 2 N–H and O–H groups in total. The number of hydrogen-bond donors (Lipinski definition) is 3. The molecule has 0 saturated heterocycles. The molecule has 0 saturated carbocycles. The van der Waals surface area contributed by atoms with Crippen LogP contribution in [-0.2, 0) is 0 Å². The van der Waals surface area contributed by atoms with Crippen LogP contribution >= 0.6 is 71.4 Å². The first-order valence-electron chi connectivity index (χ1n) is 20.6. The Labute approximate surface area is 374 Å². The summed E-state index contributed by atoms with van der Waals surface area (Å²) in [5.74, 6) is 10.8. The van der Waals surface area contributed by atoms with E-state index in [0.29, 0.717) is 26.4 Å². The van der Waals surface area contributed by atoms with Gasteiger partial charge in [0.1, 0.15) is 13.2 Å². The molecular formula is C38H68N6O8S6. The molecule has 2 aromatic heterocycles. The Morgan fingerprint density at radius 3 is 0.897 bits per heavy atom. The molecule has 0 spiro atoms. The second-order valence-corrected chi connectivity index (χ2v) is 19.0. The molecule has 0 amide bonds. The summed E-state index contributed by atoms with van der Waals surface area (Å²) in [6.45, 7) is 1.88. The third-order valence-corrected chi connectivity index (χ3v) is 13.2. The number of nitrogens with zero attached hydrogens (tertiary/aromatic N) is 6. The molecule has 2 heterocycles. The van der Waals surface area contributed by atoms with Crippen LogP contribution in [0.15, 0.2) is 0 Å². The van der Waals surface area contributed by atoms with Gasteiger partial charge >= 0.3 is 36.1 Å². The summed E-state index contributed by atoms with van der Waals surface area (Å²) in [5, 5.41) is 18.3. The quantitative estimate of drug-likeness (QED) is 0.0446. The van der Waals surface area contributed by atoms with E-state index >= 15 is 0 Å². The van der Waals surface area contributed by atoms with Crippen LogP contribution < -0.4 is 28.4 Å². The van der Waals surface area contributed by atoms with Gasteiger partial charge in [-0.25, -0.2) is 0 Å². The van der Waals surface area contributed by atoms with E-state index in [2.05, 4.69) is 48.8 Å². The van der Waals surface area contributed by atoms with Crippen molar-refractivity contribution in [3.8, 4) is 36.1 Å². The molecule has 2 aromatic rings. The average molecular weight is 929 g/mol. The van der Waals surface area contributed by atoms with Crippen LogP contribution in [0, 0.1) is 0 Å². The molecule has 14 nitrogen and oxygen atoms in total. The highest BCUT2D eigenvalue weighted by Crippen LogP contribution is 2.19. The van der Waals surface area contributed by atoms with Crippen LogP contribution in [0.25, 0.3) is 0 Å². The van der Waals surface area contributed by atoms with Gasteiger partial charge in [-0.05, 0) is 128 Å². The van der Waals surface area contributed by atoms with Crippen molar-refractivity contribution in [2.45, 2.75) is 83.5 Å². The summed E-state index contributed by atoms with van der Waals surface area (Å²) >= 11 is 13.9. The molecule has 0 radical (unpaired) electrons. The summed E-state index contributed by atoms with van der Waals surface area (Å²) < 4.78 is 33.9. The number of aliphatic hydroxyl groups is 2. The van der Waals surface area contributed by atoms with Crippen molar-refractivity contribution in [3.63, 3.8) is 0 Å². The number of ether oxygens (including phenoxy) is 6. The van der Waals surface area contributed by atoms with E-state index in [-0.39, 0.29) is 62.5 Å². The Bertz CT molecular complexity index is 1240. The summed E-state index contributed by atoms with van der Waals surface area (Å²) in [5.41, 5.74) is 0. The van der Waals surface area contributed by atoms with Gasteiger partial charge in [0, 0.05) is 0 Å². The summed E-state index contributed by atoms with van der Waals surface area (Å²) in [4.78, 5) is 25.4. The Morgan fingerprint density at radius 2 is 0.621 bits per heavy atom. The van der Waals surface area contributed by atoms with E-state index in [1.54, 1.807) is 0 Å². The number of unbranched alkanes of at least 4 members (excludes halogenated alkanes) is 6. The summed E-state index contributed by atoms with van der Waals surface area (Å²) in [7, 11) is 0. The van der Waals surface area contributed by atoms with Gasteiger partial charge in [-0.1, -0.05) is 19.3 Å². The van der Waals surface area contributed by atoms with Crippen molar-refractivity contribution in [2.75, 3.05) is 117 Å². The number of aliphatic hydroxyl groups excluding tert-OH is 2. The van der Waals surface area contributed by atoms with Gasteiger partial charge in [-0.2, -0.15) is 71.4 Å². The largest absolute Gasteiger partial charge is 0.463 e. The van der Waals surface area contributed by atoms with Gasteiger partial charge in [0.15, 0.2) is 0 Å². The minimum Gasteiger partial charge on any atom is -0.463 e. The maximum Gasteiger partial charge on any atom is 0.325 e. The topological polar surface area (TPSA) is 173 Å². The average Bonchev–Trinajstić information content (AvgIpc) is 3.23. The molecule has 0 bridgehead atoms. The molecule has 0 aliphatic heterocycles. The van der Waals surface area contributed by atoms with E-state index in [1.807, 2.05) is 58.8 Å². The predicted octanol–water partition coefficient (Wildman–Crippen LogP) is 7.31. The van der Waals surface area contributed by atoms with E-state index in [1.165, 1.54) is 69.3 Å². The zero-order valence-electron chi connectivity index (χ0n) is 34.4. The lowest BCUT2D eigenvalue weighted by molar-refractivity contribution is 0.182. The standard InChI is InChI=1S/C38H68N6O8S6/c1-54-24-6-3-8-26-56-30-12-18-48-34-40-36(44-38(42-34)52-22-16-46)50-20-14-32-58-28-10-4-9-27-57-31-13-19-49-35-39-33(41-37(43-35)51-21-15-45)47-17-11-29-55-25-7-2-5-23-53/h45-46,53H,2-32H2,1H3. The Balaban J connectivity index is 1.50. The van der Waals surface area contributed by atoms with Crippen LogP contribution in [0.3, 0.4) is 0 Å². The number of thioether (sulfide) groups is 5. The lowest BCUT2D eigenvalue weighted by Crippen LogP contribution is -2.11. The zero-order valence-corrected chi connectivity index (χ0v) is 39.4. The van der Waals surface area contributed by atoms with Crippen LogP contribution in [0.4, 0.5) is 0 Å². The molecule has 0 aliphatic rings. The third kappa shape index (κ3) is 30.8. The second kappa shape index (κ2) is 39.9. The highest BCUT2D eigenvalue weighted by atomic mass is 32.2. The first-order valence-corrected chi connectivity index (χ1v) is 27.2. The molecule has 58 heavy (non-hydrogen) atoms. The van der Waals surface area contributed by atoms with Crippen molar-refractivity contribution >= 4 is 71.4 Å². The summed E-state index contributed by atoms with van der Waals surface area (Å²) in [6.07, 6.45) is 16.7. The highest BCUT2D eigenvalue weighted by Gasteiger charge is 2.12. The van der Waals surface area contributed by atoms with Crippen LogP contribution in [0.2, 0.25) is 0 Å². The maximum absolute atomic E-state index is 9.14. The van der Waals surface area contributed by atoms with Gasteiger partial charge in [-0.15, -0.1) is 29.9 Å². The van der Waals surface area contributed by atoms with E-state index in [4.69, 9.17) is 38.6 Å². The van der Waals surface area contributed by atoms with Crippen LogP contribution in [0.1, 0.15) is 83.5 Å². The molecule has 0 aromatic carbocycles. The van der Waals surface area contributed by atoms with Gasteiger partial charge in [0.25, 0.3) is 0 Å². The number of hydrogen-bond acceptors (Lipinski definition) is 20. The second-order valence-electron chi connectivity index (χ2n) is 12.7. The molecular weight excluding hydrogens is 861 g/mol. The van der Waals surface area contributed by atoms with E-state index < -0.39 is 0 Å². The molecule has 20 heteroatoms. The third-order valence-electron chi connectivity index (χ3n) is 7.61. The first kappa shape index (κ1) is 53.0. The van der Waals surface area contributed by atoms with Crippen molar-refractivity contribution in [3.05, 3.63) is 0 Å². The number of thiol groups is 1. The van der Waals surface area contributed by atoms with Crippen molar-refractivity contribution in [1.82, 2.24) is 29.9 Å². The first-order chi connectivity index (χ1) is 28.7. The van der Waals surface area contributed by atoms with Crippen molar-refractivity contribution in [2.24, 2.45) is 0 Å². The van der Waals surface area contributed by atoms with Crippen LogP contribution in [-0.4, -0.2) is 157 Å². The van der Waals surface area contributed by atoms with E-state index in [9.17, 15) is 0 Å². The lowest BCUT2D eigenvalue weighted by Gasteiger charge is -2.10. The molecule has 0 unspecified atom stereocenters. The fraction of sp³-hybridized carbons (Fsp3) is 0.842. The Hall–Kier alpha value is -1.16. The maximum atomic E-state index is 9.14. The van der Waals surface area contributed by atoms with Gasteiger partial charge < -0.3 is 38.6 Å². The SMILES string of the molecule is CSCCCCCSCCCOc1nc(OCCO)nc(OCCCSCCCCCSCCCOc2nc(OCCO)nc(OCCCSCCCCCS)n2)n1. The minimum atomic E-state index is -0.138. The predicted molar refractivity (Wildman–Crippen MR) is 248 cm³/mol. The summed E-state index contributed by atoms with van der Waals surface area (Å²) in [6, 6.07) is 0.891. The number of rotatable bonds is 43. The molecule has 2 rings (SSSR count). The molecule has 0 aliphatic carbocycles.